The summed E-state index contributed by atoms with van der Waals surface area (Å²) in [5, 5.41) is 14.7. The van der Waals surface area contributed by atoms with E-state index in [0.29, 0.717) is 19.0 Å². The van der Waals surface area contributed by atoms with Crippen molar-refractivity contribution in [2.75, 3.05) is 7.05 Å². The predicted molar refractivity (Wildman–Crippen MR) is 120 cm³/mol. The molecule has 0 amide bonds. The zero-order valence-corrected chi connectivity index (χ0v) is 19.2. The Morgan fingerprint density at radius 1 is 1.26 bits per heavy atom. The molecule has 7 nitrogen and oxygen atoms in total. The van der Waals surface area contributed by atoms with Gasteiger partial charge in [0.15, 0.2) is 11.8 Å². The highest BCUT2D eigenvalue weighted by atomic mass is 127. The molecule has 2 rings (SSSR count). The number of guanidine groups is 1. The Kier molecular flexibility index (Phi) is 10.1. The first kappa shape index (κ1) is 23.2. The lowest BCUT2D eigenvalue weighted by atomic mass is 10.1. The van der Waals surface area contributed by atoms with Crippen LogP contribution >= 0.6 is 24.0 Å². The normalized spacial score (nSPS) is 12.3. The zero-order chi connectivity index (χ0) is 18.9. The average molecular weight is 486 g/mol. The molecule has 150 valence electrons. The number of nitrogens with zero attached hydrogens (tertiary/aromatic N) is 4. The molecular weight excluding hydrogens is 455 g/mol. The first-order chi connectivity index (χ1) is 12.6. The largest absolute Gasteiger partial charge is 0.490 e. The minimum atomic E-state index is 0. The second-order valence-electron chi connectivity index (χ2n) is 6.26. The summed E-state index contributed by atoms with van der Waals surface area (Å²) in [7, 11) is 1.76. The number of rotatable bonds is 8. The minimum Gasteiger partial charge on any atom is -0.490 e. The fourth-order valence-corrected chi connectivity index (χ4v) is 2.46. The molecule has 8 heteroatoms. The van der Waals surface area contributed by atoms with E-state index in [1.54, 1.807) is 13.4 Å². The Balaban J connectivity index is 0.00000364. The molecule has 1 aromatic heterocycles. The standard InChI is InChI=1S/C19H30N6O.HI/c1-6-15(4)26-17-10-14(3)8-9-16(17)11-21-19(20-5)22-12-18-24-23-13-25(18)7-2;/h8-10,13,15H,6-7,11-12H2,1-5H3,(H2,20,21,22);1H. The van der Waals surface area contributed by atoms with Crippen LogP contribution in [0.5, 0.6) is 5.75 Å². The van der Waals surface area contributed by atoms with Crippen LogP contribution in [0.25, 0.3) is 0 Å². The number of nitrogens with one attached hydrogen (secondary N) is 2. The molecule has 0 spiro atoms. The molecule has 27 heavy (non-hydrogen) atoms. The second kappa shape index (κ2) is 11.8. The van der Waals surface area contributed by atoms with Crippen molar-refractivity contribution < 1.29 is 4.74 Å². The third kappa shape index (κ3) is 7.00. The van der Waals surface area contributed by atoms with Crippen LogP contribution in [-0.2, 0) is 19.6 Å². The van der Waals surface area contributed by atoms with Crippen molar-refractivity contribution in [2.45, 2.75) is 59.9 Å². The number of aryl methyl sites for hydroxylation is 2. The summed E-state index contributed by atoms with van der Waals surface area (Å²) >= 11 is 0. The molecule has 0 radical (unpaired) electrons. The van der Waals surface area contributed by atoms with Crippen LogP contribution in [0.15, 0.2) is 29.5 Å². The molecule has 1 aromatic carbocycles. The fraction of sp³-hybridized carbons (Fsp3) is 0.526. The number of benzene rings is 1. The lowest BCUT2D eigenvalue weighted by Gasteiger charge is -2.18. The number of aromatic nitrogens is 3. The van der Waals surface area contributed by atoms with Gasteiger partial charge in [0.2, 0.25) is 0 Å². The number of hydrogen-bond donors (Lipinski definition) is 2. The maximum absolute atomic E-state index is 6.07. The van der Waals surface area contributed by atoms with Gasteiger partial charge in [-0.1, -0.05) is 19.1 Å². The summed E-state index contributed by atoms with van der Waals surface area (Å²) < 4.78 is 8.07. The van der Waals surface area contributed by atoms with Crippen molar-refractivity contribution in [3.63, 3.8) is 0 Å². The number of aliphatic imine (C=N–C) groups is 1. The number of halogens is 1. The third-order valence-electron chi connectivity index (χ3n) is 4.25. The van der Waals surface area contributed by atoms with Gasteiger partial charge in [0.1, 0.15) is 12.1 Å². The third-order valence-corrected chi connectivity index (χ3v) is 4.25. The highest BCUT2D eigenvalue weighted by molar-refractivity contribution is 14.0. The predicted octanol–water partition coefficient (Wildman–Crippen LogP) is 3.27. The van der Waals surface area contributed by atoms with Crippen LogP contribution in [0.3, 0.4) is 0 Å². The van der Waals surface area contributed by atoms with Crippen molar-refractivity contribution in [3.8, 4) is 5.75 Å². The lowest BCUT2D eigenvalue weighted by Crippen LogP contribution is -2.37. The van der Waals surface area contributed by atoms with Gasteiger partial charge >= 0.3 is 0 Å². The van der Waals surface area contributed by atoms with Crippen LogP contribution in [-0.4, -0.2) is 33.9 Å². The van der Waals surface area contributed by atoms with E-state index in [2.05, 4.69) is 71.7 Å². The monoisotopic (exact) mass is 486 g/mol. The van der Waals surface area contributed by atoms with Crippen molar-refractivity contribution in [1.29, 1.82) is 0 Å². The van der Waals surface area contributed by atoms with E-state index in [-0.39, 0.29) is 30.1 Å². The molecule has 2 N–H and O–H groups in total. The van der Waals surface area contributed by atoms with E-state index in [4.69, 9.17) is 4.74 Å². The molecule has 1 unspecified atom stereocenters. The van der Waals surface area contributed by atoms with Crippen LogP contribution in [0, 0.1) is 6.92 Å². The van der Waals surface area contributed by atoms with Gasteiger partial charge in [-0.2, -0.15) is 0 Å². The van der Waals surface area contributed by atoms with E-state index in [9.17, 15) is 0 Å². The Bertz CT molecular complexity index is 731. The van der Waals surface area contributed by atoms with Gasteiger partial charge in [0.05, 0.1) is 12.6 Å². The van der Waals surface area contributed by atoms with E-state index in [0.717, 1.165) is 30.1 Å². The molecule has 0 aliphatic carbocycles. The number of ether oxygens (including phenoxy) is 1. The van der Waals surface area contributed by atoms with Crippen molar-refractivity contribution >= 4 is 29.9 Å². The molecule has 0 aliphatic heterocycles. The number of hydrogen-bond acceptors (Lipinski definition) is 4. The highest BCUT2D eigenvalue weighted by Gasteiger charge is 2.09. The van der Waals surface area contributed by atoms with Crippen molar-refractivity contribution in [1.82, 2.24) is 25.4 Å². The Morgan fingerprint density at radius 3 is 2.67 bits per heavy atom. The lowest BCUT2D eigenvalue weighted by molar-refractivity contribution is 0.215. The molecule has 0 bridgehead atoms. The first-order valence-electron chi connectivity index (χ1n) is 9.14. The molecule has 0 fully saturated rings. The average Bonchev–Trinajstić information content (AvgIpc) is 3.10. The fourth-order valence-electron chi connectivity index (χ4n) is 2.46. The minimum absolute atomic E-state index is 0. The van der Waals surface area contributed by atoms with Crippen LogP contribution < -0.4 is 15.4 Å². The SMILES string of the molecule is CCC(C)Oc1cc(C)ccc1CNC(=NC)NCc1nncn1CC.I. The summed E-state index contributed by atoms with van der Waals surface area (Å²) in [4.78, 5) is 4.28. The van der Waals surface area contributed by atoms with Gasteiger partial charge in [-0.25, -0.2) is 0 Å². The Hall–Kier alpha value is -1.84. The first-order valence-corrected chi connectivity index (χ1v) is 9.14. The van der Waals surface area contributed by atoms with E-state index < -0.39 is 0 Å². The van der Waals surface area contributed by atoms with Crippen LogP contribution in [0.4, 0.5) is 0 Å². The zero-order valence-electron chi connectivity index (χ0n) is 16.8. The smallest absolute Gasteiger partial charge is 0.191 e. The molecule has 2 aromatic rings. The van der Waals surface area contributed by atoms with E-state index >= 15 is 0 Å². The molecule has 1 heterocycles. The van der Waals surface area contributed by atoms with Gasteiger partial charge in [0.25, 0.3) is 0 Å². The van der Waals surface area contributed by atoms with Crippen LogP contribution in [0.1, 0.15) is 44.1 Å². The molecule has 0 saturated carbocycles. The summed E-state index contributed by atoms with van der Waals surface area (Å²) in [5.74, 6) is 2.52. The van der Waals surface area contributed by atoms with Gasteiger partial charge in [-0.3, -0.25) is 4.99 Å². The van der Waals surface area contributed by atoms with Gasteiger partial charge in [-0.15, -0.1) is 34.2 Å². The molecular formula is C19H31IN6O. The van der Waals surface area contributed by atoms with Gasteiger partial charge in [0, 0.05) is 25.7 Å². The van der Waals surface area contributed by atoms with E-state index in [1.807, 2.05) is 4.57 Å². The Labute approximate surface area is 179 Å². The summed E-state index contributed by atoms with van der Waals surface area (Å²) in [6.07, 6.45) is 2.90. The van der Waals surface area contributed by atoms with Gasteiger partial charge < -0.3 is 19.9 Å². The second-order valence-corrected chi connectivity index (χ2v) is 6.26. The maximum Gasteiger partial charge on any atom is 0.191 e. The molecule has 1 atom stereocenters. The van der Waals surface area contributed by atoms with Crippen molar-refractivity contribution in [2.24, 2.45) is 4.99 Å². The summed E-state index contributed by atoms with van der Waals surface area (Å²) in [6.45, 7) is 10.4. The summed E-state index contributed by atoms with van der Waals surface area (Å²) in [5.41, 5.74) is 2.30. The Morgan fingerprint density at radius 2 is 2.00 bits per heavy atom. The molecule has 0 saturated heterocycles. The summed E-state index contributed by atoms with van der Waals surface area (Å²) in [6, 6.07) is 6.28. The van der Waals surface area contributed by atoms with E-state index in [1.165, 1.54) is 5.56 Å². The maximum atomic E-state index is 6.07. The van der Waals surface area contributed by atoms with Gasteiger partial charge in [-0.05, 0) is 38.8 Å². The molecule has 0 aliphatic rings. The van der Waals surface area contributed by atoms with Crippen LogP contribution in [0.2, 0.25) is 0 Å². The topological polar surface area (TPSA) is 76.4 Å². The quantitative estimate of drug-likeness (QED) is 0.341. The highest BCUT2D eigenvalue weighted by Crippen LogP contribution is 2.22. The van der Waals surface area contributed by atoms with Crippen molar-refractivity contribution in [3.05, 3.63) is 41.5 Å².